The molecule has 6 heteroatoms. The van der Waals surface area contributed by atoms with Crippen molar-refractivity contribution in [2.45, 2.75) is 25.8 Å². The second-order valence-corrected chi connectivity index (χ2v) is 6.90. The lowest BCUT2D eigenvalue weighted by Crippen LogP contribution is -2.44. The molecule has 1 aliphatic rings. The zero-order chi connectivity index (χ0) is 16.4. The lowest BCUT2D eigenvalue weighted by atomic mass is 9.88. The Morgan fingerprint density at radius 3 is 2.91 bits per heavy atom. The van der Waals surface area contributed by atoms with Crippen LogP contribution in [-0.2, 0) is 0 Å². The van der Waals surface area contributed by atoms with Crippen molar-refractivity contribution in [2.24, 2.45) is 5.92 Å². The van der Waals surface area contributed by atoms with Crippen LogP contribution < -0.4 is 5.32 Å². The van der Waals surface area contributed by atoms with E-state index >= 15 is 0 Å². The lowest BCUT2D eigenvalue weighted by Gasteiger charge is -2.30. The van der Waals surface area contributed by atoms with Crippen LogP contribution in [0.15, 0.2) is 28.8 Å². The van der Waals surface area contributed by atoms with Crippen molar-refractivity contribution in [1.29, 1.82) is 0 Å². The molecule has 2 aromatic rings. The molecule has 1 aromatic carbocycles. The van der Waals surface area contributed by atoms with Crippen molar-refractivity contribution < 1.29 is 4.52 Å². The molecule has 2 unspecified atom stereocenters. The highest BCUT2D eigenvalue weighted by atomic mass is 35.5. The summed E-state index contributed by atoms with van der Waals surface area (Å²) in [4.78, 5) is 6.97. The largest absolute Gasteiger partial charge is 0.339 e. The molecule has 0 amide bonds. The van der Waals surface area contributed by atoms with Gasteiger partial charge in [0.15, 0.2) is 5.82 Å². The third-order valence-electron chi connectivity index (χ3n) is 4.41. The minimum atomic E-state index is 0.0526. The van der Waals surface area contributed by atoms with E-state index in [9.17, 15) is 0 Å². The molecule has 1 aliphatic heterocycles. The number of piperazine rings is 1. The monoisotopic (exact) mass is 334 g/mol. The number of likely N-dealkylation sites (N-methyl/N-ethyl adjacent to an activating group) is 1. The quantitative estimate of drug-likeness (QED) is 0.931. The van der Waals surface area contributed by atoms with Gasteiger partial charge in [-0.2, -0.15) is 4.98 Å². The maximum absolute atomic E-state index is 6.15. The molecule has 1 fully saturated rings. The van der Waals surface area contributed by atoms with Crippen LogP contribution in [0.1, 0.15) is 43.1 Å². The molecule has 124 valence electrons. The Kier molecular flexibility index (Phi) is 4.99. The van der Waals surface area contributed by atoms with Gasteiger partial charge in [-0.3, -0.25) is 4.90 Å². The SMILES string of the molecule is CC(C)C(c1cccc(Cl)c1)c1nc(C2CNCCN2C)no1. The Morgan fingerprint density at radius 1 is 1.39 bits per heavy atom. The second kappa shape index (κ2) is 6.99. The molecule has 0 aliphatic carbocycles. The maximum atomic E-state index is 6.15. The highest BCUT2D eigenvalue weighted by molar-refractivity contribution is 6.30. The summed E-state index contributed by atoms with van der Waals surface area (Å²) in [5.74, 6) is 1.81. The fourth-order valence-corrected chi connectivity index (χ4v) is 3.31. The first-order valence-corrected chi connectivity index (χ1v) is 8.44. The Morgan fingerprint density at radius 2 is 2.22 bits per heavy atom. The summed E-state index contributed by atoms with van der Waals surface area (Å²) < 4.78 is 5.63. The molecule has 2 atom stereocenters. The van der Waals surface area contributed by atoms with E-state index in [1.807, 2.05) is 18.2 Å². The van der Waals surface area contributed by atoms with Gasteiger partial charge < -0.3 is 9.84 Å². The Bertz CT molecular complexity index is 658. The number of aromatic nitrogens is 2. The Balaban J connectivity index is 1.89. The number of halogens is 1. The van der Waals surface area contributed by atoms with Crippen molar-refractivity contribution in [3.8, 4) is 0 Å². The number of rotatable bonds is 4. The average molecular weight is 335 g/mol. The normalized spacial score (nSPS) is 20.8. The smallest absolute Gasteiger partial charge is 0.234 e. The highest BCUT2D eigenvalue weighted by Gasteiger charge is 2.29. The van der Waals surface area contributed by atoms with Gasteiger partial charge in [-0.1, -0.05) is 42.7 Å². The van der Waals surface area contributed by atoms with Gasteiger partial charge in [0.25, 0.3) is 0 Å². The summed E-state index contributed by atoms with van der Waals surface area (Å²) in [7, 11) is 2.10. The molecule has 0 spiro atoms. The first-order chi connectivity index (χ1) is 11.1. The van der Waals surface area contributed by atoms with E-state index in [2.05, 4.69) is 42.3 Å². The van der Waals surface area contributed by atoms with E-state index in [4.69, 9.17) is 21.1 Å². The first kappa shape index (κ1) is 16.4. The van der Waals surface area contributed by atoms with E-state index in [1.165, 1.54) is 0 Å². The van der Waals surface area contributed by atoms with Crippen LogP contribution in [0.5, 0.6) is 0 Å². The fourth-order valence-electron chi connectivity index (χ4n) is 3.12. The summed E-state index contributed by atoms with van der Waals surface area (Å²) in [5, 5.41) is 8.35. The minimum Gasteiger partial charge on any atom is -0.339 e. The molecule has 5 nitrogen and oxygen atoms in total. The van der Waals surface area contributed by atoms with Crippen LogP contribution in [0.25, 0.3) is 0 Å². The summed E-state index contributed by atoms with van der Waals surface area (Å²) in [6.45, 7) is 7.14. The predicted molar refractivity (Wildman–Crippen MR) is 90.7 cm³/mol. The Labute approximate surface area is 142 Å². The standard InChI is InChI=1S/C17H23ClN4O/c1-11(2)15(12-5-4-6-13(18)9-12)17-20-16(21-23-17)14-10-19-7-8-22(14)3/h4-6,9,11,14-15,19H,7-8,10H2,1-3H3. The van der Waals surface area contributed by atoms with Gasteiger partial charge in [0.05, 0.1) is 12.0 Å². The highest BCUT2D eigenvalue weighted by Crippen LogP contribution is 2.33. The molecule has 3 rings (SSSR count). The van der Waals surface area contributed by atoms with Gasteiger partial charge in [-0.15, -0.1) is 0 Å². The zero-order valence-electron chi connectivity index (χ0n) is 13.8. The molecule has 2 heterocycles. The fraction of sp³-hybridized carbons (Fsp3) is 0.529. The van der Waals surface area contributed by atoms with E-state index in [0.29, 0.717) is 11.8 Å². The van der Waals surface area contributed by atoms with Crippen molar-refractivity contribution >= 4 is 11.6 Å². The van der Waals surface area contributed by atoms with Gasteiger partial charge in [-0.25, -0.2) is 0 Å². The lowest BCUT2D eigenvalue weighted by molar-refractivity contribution is 0.190. The molecule has 1 N–H and O–H groups in total. The summed E-state index contributed by atoms with van der Waals surface area (Å²) in [6.07, 6.45) is 0. The number of nitrogens with zero attached hydrogens (tertiary/aromatic N) is 3. The summed E-state index contributed by atoms with van der Waals surface area (Å²) >= 11 is 6.15. The molecule has 0 bridgehead atoms. The van der Waals surface area contributed by atoms with Gasteiger partial charge in [0.1, 0.15) is 0 Å². The van der Waals surface area contributed by atoms with E-state index in [0.717, 1.165) is 36.0 Å². The number of hydrogen-bond donors (Lipinski definition) is 1. The zero-order valence-corrected chi connectivity index (χ0v) is 14.5. The van der Waals surface area contributed by atoms with Crippen molar-refractivity contribution in [2.75, 3.05) is 26.7 Å². The molecule has 1 saturated heterocycles. The topological polar surface area (TPSA) is 54.2 Å². The Hall–Kier alpha value is -1.43. The van der Waals surface area contributed by atoms with Crippen LogP contribution >= 0.6 is 11.6 Å². The van der Waals surface area contributed by atoms with Crippen LogP contribution in [0.3, 0.4) is 0 Å². The molecular formula is C17H23ClN4O. The number of hydrogen-bond acceptors (Lipinski definition) is 5. The van der Waals surface area contributed by atoms with Crippen LogP contribution in [0.2, 0.25) is 5.02 Å². The average Bonchev–Trinajstić information content (AvgIpc) is 2.97. The third kappa shape index (κ3) is 3.57. The van der Waals surface area contributed by atoms with Crippen LogP contribution in [-0.4, -0.2) is 41.7 Å². The van der Waals surface area contributed by atoms with Crippen molar-refractivity contribution in [3.63, 3.8) is 0 Å². The molecule has 23 heavy (non-hydrogen) atoms. The summed E-state index contributed by atoms with van der Waals surface area (Å²) in [6, 6.07) is 8.04. The maximum Gasteiger partial charge on any atom is 0.234 e. The van der Waals surface area contributed by atoms with Crippen molar-refractivity contribution in [1.82, 2.24) is 20.4 Å². The number of nitrogens with one attached hydrogen (secondary N) is 1. The molecule has 0 saturated carbocycles. The van der Waals surface area contributed by atoms with Crippen LogP contribution in [0, 0.1) is 5.92 Å². The second-order valence-electron chi connectivity index (χ2n) is 6.47. The van der Waals surface area contributed by atoms with E-state index in [1.54, 1.807) is 0 Å². The summed E-state index contributed by atoms with van der Waals surface area (Å²) in [5.41, 5.74) is 1.11. The third-order valence-corrected chi connectivity index (χ3v) is 4.64. The van der Waals surface area contributed by atoms with Crippen molar-refractivity contribution in [3.05, 3.63) is 46.6 Å². The predicted octanol–water partition coefficient (Wildman–Crippen LogP) is 3.09. The molecule has 1 aromatic heterocycles. The first-order valence-electron chi connectivity index (χ1n) is 8.06. The molecular weight excluding hydrogens is 312 g/mol. The minimum absolute atomic E-state index is 0.0526. The van der Waals surface area contributed by atoms with Gasteiger partial charge in [0.2, 0.25) is 5.89 Å². The van der Waals surface area contributed by atoms with Gasteiger partial charge in [-0.05, 0) is 30.7 Å². The molecule has 0 radical (unpaired) electrons. The van der Waals surface area contributed by atoms with Crippen LogP contribution in [0.4, 0.5) is 0 Å². The van der Waals surface area contributed by atoms with Gasteiger partial charge >= 0.3 is 0 Å². The van der Waals surface area contributed by atoms with E-state index in [-0.39, 0.29) is 12.0 Å². The number of benzene rings is 1. The van der Waals surface area contributed by atoms with E-state index < -0.39 is 0 Å². The van der Waals surface area contributed by atoms with Gasteiger partial charge in [0, 0.05) is 24.7 Å².